The van der Waals surface area contributed by atoms with Gasteiger partial charge >= 0.3 is 7.12 Å². The van der Waals surface area contributed by atoms with Crippen molar-refractivity contribution < 1.29 is 18.5 Å². The Morgan fingerprint density at radius 1 is 1.28 bits per heavy atom. The molecular weight excluding hydrogens is 236 g/mol. The molecule has 0 N–H and O–H groups in total. The van der Waals surface area contributed by atoms with Crippen LogP contribution in [0.1, 0.15) is 38.1 Å². The summed E-state index contributed by atoms with van der Waals surface area (Å²) < 4.78 is 25.0. The van der Waals surface area contributed by atoms with Gasteiger partial charge in [0.05, 0.1) is 22.4 Å². The van der Waals surface area contributed by atoms with Gasteiger partial charge in [-0.15, -0.1) is 0 Å². The van der Waals surface area contributed by atoms with E-state index in [-0.39, 0.29) is 5.56 Å². The Bertz CT molecular complexity index is 474. The van der Waals surface area contributed by atoms with E-state index in [0.29, 0.717) is 11.9 Å². The quantitative estimate of drug-likeness (QED) is 0.587. The number of aromatic nitrogens is 1. The molecule has 1 fully saturated rings. The van der Waals surface area contributed by atoms with Crippen molar-refractivity contribution in [2.75, 3.05) is 0 Å². The summed E-state index contributed by atoms with van der Waals surface area (Å²) in [5, 5.41) is 0. The first kappa shape index (κ1) is 13.2. The highest BCUT2D eigenvalue weighted by atomic mass is 19.1. The van der Waals surface area contributed by atoms with Gasteiger partial charge in [-0.25, -0.2) is 4.39 Å². The van der Waals surface area contributed by atoms with Gasteiger partial charge in [0, 0.05) is 6.20 Å². The van der Waals surface area contributed by atoms with Gasteiger partial charge in [0.25, 0.3) is 0 Å². The van der Waals surface area contributed by atoms with Crippen molar-refractivity contribution in [3.8, 4) is 0 Å². The highest BCUT2D eigenvalue weighted by Gasteiger charge is 2.52. The number of carbonyl (C=O) groups is 1. The number of hydrogen-bond acceptors (Lipinski definition) is 4. The van der Waals surface area contributed by atoms with Gasteiger partial charge in [0.15, 0.2) is 6.29 Å². The van der Waals surface area contributed by atoms with E-state index in [1.54, 1.807) is 0 Å². The predicted octanol–water partition coefficient (Wildman–Crippen LogP) is 1.33. The Labute approximate surface area is 106 Å². The maximum atomic E-state index is 13.5. The van der Waals surface area contributed by atoms with Crippen LogP contribution in [0.15, 0.2) is 12.3 Å². The van der Waals surface area contributed by atoms with Crippen LogP contribution in [0.25, 0.3) is 0 Å². The van der Waals surface area contributed by atoms with Crippen LogP contribution in [0.5, 0.6) is 0 Å². The molecule has 0 atom stereocenters. The van der Waals surface area contributed by atoms with E-state index < -0.39 is 24.1 Å². The van der Waals surface area contributed by atoms with Gasteiger partial charge in [-0.1, -0.05) is 0 Å². The normalized spacial score (nSPS) is 21.1. The Balaban J connectivity index is 2.30. The molecule has 0 radical (unpaired) electrons. The summed E-state index contributed by atoms with van der Waals surface area (Å²) in [6, 6.07) is 1.17. The lowest BCUT2D eigenvalue weighted by molar-refractivity contribution is 0.00578. The van der Waals surface area contributed by atoms with E-state index in [2.05, 4.69) is 4.98 Å². The maximum Gasteiger partial charge on any atom is 0.514 e. The zero-order valence-electron chi connectivity index (χ0n) is 10.9. The molecule has 4 nitrogen and oxygen atoms in total. The summed E-state index contributed by atoms with van der Waals surface area (Å²) in [6.07, 6.45) is 1.61. The summed E-state index contributed by atoms with van der Waals surface area (Å²) in [7, 11) is -0.717. The molecular formula is C12H15BFNO3. The smallest absolute Gasteiger partial charge is 0.398 e. The van der Waals surface area contributed by atoms with Crippen molar-refractivity contribution in [2.24, 2.45) is 0 Å². The largest absolute Gasteiger partial charge is 0.514 e. The second-order valence-corrected chi connectivity index (χ2v) is 5.34. The molecule has 1 saturated heterocycles. The first-order chi connectivity index (χ1) is 8.27. The van der Waals surface area contributed by atoms with Crippen molar-refractivity contribution >= 4 is 19.0 Å². The lowest BCUT2D eigenvalue weighted by Gasteiger charge is -2.32. The van der Waals surface area contributed by atoms with Crippen LogP contribution >= 0.6 is 0 Å². The second kappa shape index (κ2) is 4.14. The van der Waals surface area contributed by atoms with Crippen LogP contribution in [0.3, 0.4) is 0 Å². The molecule has 0 aromatic carbocycles. The molecule has 2 heterocycles. The predicted molar refractivity (Wildman–Crippen MR) is 65.3 cm³/mol. The minimum absolute atomic E-state index is 0.0738. The zero-order valence-corrected chi connectivity index (χ0v) is 10.9. The molecule has 1 aromatic heterocycles. The third-order valence-electron chi connectivity index (χ3n) is 3.52. The summed E-state index contributed by atoms with van der Waals surface area (Å²) in [6.45, 7) is 7.62. The van der Waals surface area contributed by atoms with E-state index in [0.717, 1.165) is 0 Å². The van der Waals surface area contributed by atoms with Gasteiger partial charge in [0.1, 0.15) is 5.82 Å². The number of hydrogen-bond donors (Lipinski definition) is 0. The molecule has 1 aliphatic heterocycles. The summed E-state index contributed by atoms with van der Waals surface area (Å²) in [5.41, 5.74) is -0.745. The number of carbonyl (C=O) groups excluding carboxylic acids is 1. The van der Waals surface area contributed by atoms with Crippen LogP contribution in [-0.4, -0.2) is 29.6 Å². The molecule has 0 unspecified atom stereocenters. The minimum Gasteiger partial charge on any atom is -0.398 e. The average molecular weight is 251 g/mol. The fraction of sp³-hybridized carbons (Fsp3) is 0.500. The third-order valence-corrected chi connectivity index (χ3v) is 3.52. The number of pyridine rings is 1. The van der Waals surface area contributed by atoms with Crippen molar-refractivity contribution in [3.63, 3.8) is 0 Å². The van der Waals surface area contributed by atoms with E-state index >= 15 is 0 Å². The van der Waals surface area contributed by atoms with Crippen molar-refractivity contribution in [1.29, 1.82) is 0 Å². The van der Waals surface area contributed by atoms with Crippen LogP contribution in [0.2, 0.25) is 0 Å². The molecule has 0 saturated carbocycles. The fourth-order valence-electron chi connectivity index (χ4n) is 1.64. The Hall–Kier alpha value is -1.27. The van der Waals surface area contributed by atoms with Crippen molar-refractivity contribution in [1.82, 2.24) is 4.98 Å². The maximum absolute atomic E-state index is 13.5. The highest BCUT2D eigenvalue weighted by molar-refractivity contribution is 6.61. The molecule has 0 spiro atoms. The monoisotopic (exact) mass is 251 g/mol. The Morgan fingerprint density at radius 2 is 1.83 bits per heavy atom. The van der Waals surface area contributed by atoms with Gasteiger partial charge in [0.2, 0.25) is 0 Å². The topological polar surface area (TPSA) is 48.4 Å². The fourth-order valence-corrected chi connectivity index (χ4v) is 1.64. The lowest BCUT2D eigenvalue weighted by Crippen LogP contribution is -2.41. The van der Waals surface area contributed by atoms with Crippen molar-refractivity contribution in [3.05, 3.63) is 23.6 Å². The molecule has 96 valence electrons. The van der Waals surface area contributed by atoms with Crippen molar-refractivity contribution in [2.45, 2.75) is 38.9 Å². The molecule has 6 heteroatoms. The minimum atomic E-state index is -0.717. The van der Waals surface area contributed by atoms with Gasteiger partial charge in [-0.3, -0.25) is 9.78 Å². The molecule has 0 aliphatic carbocycles. The van der Waals surface area contributed by atoms with E-state index in [1.807, 2.05) is 27.7 Å². The Morgan fingerprint density at radius 3 is 2.28 bits per heavy atom. The molecule has 1 aromatic rings. The van der Waals surface area contributed by atoms with Gasteiger partial charge in [-0.2, -0.15) is 0 Å². The lowest BCUT2D eigenvalue weighted by atomic mass is 9.84. The summed E-state index contributed by atoms with van der Waals surface area (Å²) in [5.74, 6) is -0.621. The van der Waals surface area contributed by atoms with E-state index in [9.17, 15) is 9.18 Å². The van der Waals surface area contributed by atoms with Crippen LogP contribution in [0.4, 0.5) is 4.39 Å². The molecule has 2 rings (SSSR count). The first-order valence-electron chi connectivity index (χ1n) is 5.73. The van der Waals surface area contributed by atoms with E-state index in [4.69, 9.17) is 9.31 Å². The molecule has 18 heavy (non-hydrogen) atoms. The summed E-state index contributed by atoms with van der Waals surface area (Å²) >= 11 is 0. The second-order valence-electron chi connectivity index (χ2n) is 5.34. The van der Waals surface area contributed by atoms with Crippen LogP contribution < -0.4 is 5.59 Å². The Kier molecular flexibility index (Phi) is 3.03. The van der Waals surface area contributed by atoms with Crippen LogP contribution in [-0.2, 0) is 9.31 Å². The third kappa shape index (κ3) is 2.06. The SMILES string of the molecule is CC1(C)OB(c2cc(F)c(C=O)cn2)OC1(C)C. The summed E-state index contributed by atoms with van der Waals surface area (Å²) in [4.78, 5) is 14.5. The number of halogens is 1. The highest BCUT2D eigenvalue weighted by Crippen LogP contribution is 2.36. The molecule has 0 bridgehead atoms. The number of nitrogens with zero attached hydrogens (tertiary/aromatic N) is 1. The average Bonchev–Trinajstić information content (AvgIpc) is 2.48. The molecule has 1 aliphatic rings. The number of rotatable bonds is 2. The van der Waals surface area contributed by atoms with E-state index in [1.165, 1.54) is 12.3 Å². The zero-order chi connectivity index (χ0) is 13.6. The standard InChI is InChI=1S/C12H15BFNO3/c1-11(2)12(3,4)18-13(17-11)10-5-9(14)8(7-16)6-15-10/h5-7H,1-4H3. The number of aldehydes is 1. The first-order valence-corrected chi connectivity index (χ1v) is 5.73. The van der Waals surface area contributed by atoms with Crippen LogP contribution in [0, 0.1) is 5.82 Å². The van der Waals surface area contributed by atoms with Gasteiger partial charge < -0.3 is 9.31 Å². The molecule has 0 amide bonds. The van der Waals surface area contributed by atoms with Gasteiger partial charge in [-0.05, 0) is 33.8 Å².